The summed E-state index contributed by atoms with van der Waals surface area (Å²) in [4.78, 5) is 33.7. The highest BCUT2D eigenvalue weighted by Gasteiger charge is 2.19. The van der Waals surface area contributed by atoms with E-state index in [1.54, 1.807) is 10.6 Å². The van der Waals surface area contributed by atoms with Gasteiger partial charge in [0.2, 0.25) is 5.78 Å². The molecule has 0 aliphatic carbocycles. The van der Waals surface area contributed by atoms with E-state index in [0.717, 1.165) is 22.3 Å². The average Bonchev–Trinajstić information content (AvgIpc) is 3.28. The van der Waals surface area contributed by atoms with Crippen LogP contribution in [0.15, 0.2) is 81.5 Å². The lowest BCUT2D eigenvalue weighted by atomic mass is 10.1. The number of H-pyrrole nitrogens is 1. The number of hydrogen-bond donors (Lipinski definition) is 1. The minimum absolute atomic E-state index is 0.151. The molecule has 0 atom stereocenters. The Balaban J connectivity index is 1.51. The predicted molar refractivity (Wildman–Crippen MR) is 137 cm³/mol. The first-order chi connectivity index (χ1) is 17.0. The van der Waals surface area contributed by atoms with Gasteiger partial charge in [-0.05, 0) is 49.2 Å². The number of para-hydroxylation sites is 3. The lowest BCUT2D eigenvalue weighted by Gasteiger charge is -2.13. The summed E-state index contributed by atoms with van der Waals surface area (Å²) >= 11 is 1.40. The van der Waals surface area contributed by atoms with Crippen molar-refractivity contribution in [2.45, 2.75) is 24.8 Å². The van der Waals surface area contributed by atoms with Gasteiger partial charge in [-0.1, -0.05) is 54.2 Å². The lowest BCUT2D eigenvalue weighted by Crippen LogP contribution is -2.22. The first-order valence-corrected chi connectivity index (χ1v) is 12.1. The van der Waals surface area contributed by atoms with Gasteiger partial charge < -0.3 is 4.98 Å². The van der Waals surface area contributed by atoms with Crippen LogP contribution in [0.2, 0.25) is 0 Å². The molecule has 0 saturated heterocycles. The number of aromatic amines is 1. The molecule has 0 aliphatic rings. The van der Waals surface area contributed by atoms with Crippen LogP contribution in [0.25, 0.3) is 33.3 Å². The van der Waals surface area contributed by atoms with Gasteiger partial charge in [-0.3, -0.25) is 14.0 Å². The van der Waals surface area contributed by atoms with E-state index in [1.165, 1.54) is 11.8 Å². The van der Waals surface area contributed by atoms with Gasteiger partial charge in [-0.15, -0.1) is 10.2 Å². The van der Waals surface area contributed by atoms with E-state index in [-0.39, 0.29) is 11.1 Å². The highest BCUT2D eigenvalue weighted by Crippen LogP contribution is 2.26. The summed E-state index contributed by atoms with van der Waals surface area (Å²) < 4.78 is 3.49. The van der Waals surface area contributed by atoms with E-state index in [0.29, 0.717) is 38.8 Å². The van der Waals surface area contributed by atoms with E-state index < -0.39 is 0 Å². The Morgan fingerprint density at radius 3 is 2.46 bits per heavy atom. The zero-order valence-corrected chi connectivity index (χ0v) is 19.8. The maximum Gasteiger partial charge on any atom is 0.267 e. The third-order valence-corrected chi connectivity index (χ3v) is 7.02. The molecule has 0 radical (unpaired) electrons. The van der Waals surface area contributed by atoms with Gasteiger partial charge in [0.25, 0.3) is 11.1 Å². The van der Waals surface area contributed by atoms with E-state index in [1.807, 2.05) is 78.9 Å². The summed E-state index contributed by atoms with van der Waals surface area (Å²) in [5.41, 5.74) is 3.76. The van der Waals surface area contributed by atoms with Crippen molar-refractivity contribution in [3.63, 3.8) is 0 Å². The molecule has 9 heteroatoms. The standard InChI is InChI=1S/C26H20N6O2S/c1-15-8-3-5-12-19(15)31-24(34)17-10-4-6-13-20(17)32-25(31)29-30-26(32)35-14-21-27-22-16(2)9-7-11-18(22)23(33)28-21/h3-13H,14H2,1-2H3,(H,27,28,33). The summed E-state index contributed by atoms with van der Waals surface area (Å²) in [7, 11) is 0. The molecule has 0 saturated carbocycles. The number of aryl methyl sites for hydroxylation is 2. The highest BCUT2D eigenvalue weighted by molar-refractivity contribution is 7.98. The number of thioether (sulfide) groups is 1. The Bertz CT molecular complexity index is 1890. The fourth-order valence-electron chi connectivity index (χ4n) is 4.36. The molecule has 0 fully saturated rings. The molecular formula is C26H20N6O2S. The van der Waals surface area contributed by atoms with Gasteiger partial charge in [-0.25, -0.2) is 9.55 Å². The Labute approximate surface area is 203 Å². The SMILES string of the molecule is Cc1ccccc1-n1c(=O)c2ccccc2n2c(SCc3nc4c(C)cccc4c(=O)[nH]3)nnc12. The van der Waals surface area contributed by atoms with Crippen LogP contribution in [0.1, 0.15) is 17.0 Å². The molecule has 0 aliphatic heterocycles. The van der Waals surface area contributed by atoms with Crippen molar-refractivity contribution < 1.29 is 0 Å². The van der Waals surface area contributed by atoms with Crippen molar-refractivity contribution in [3.05, 3.63) is 104 Å². The molecule has 3 aromatic heterocycles. The predicted octanol–water partition coefficient (Wildman–Crippen LogP) is 4.18. The van der Waals surface area contributed by atoms with Gasteiger partial charge in [0.1, 0.15) is 5.82 Å². The molecule has 172 valence electrons. The van der Waals surface area contributed by atoms with Crippen LogP contribution in [-0.4, -0.2) is 29.1 Å². The monoisotopic (exact) mass is 480 g/mol. The molecule has 6 rings (SSSR count). The molecule has 1 N–H and O–H groups in total. The van der Waals surface area contributed by atoms with Gasteiger partial charge in [0.05, 0.1) is 33.2 Å². The zero-order valence-electron chi connectivity index (χ0n) is 19.0. The Kier molecular flexibility index (Phi) is 5.00. The number of aromatic nitrogens is 6. The minimum atomic E-state index is -0.167. The van der Waals surface area contributed by atoms with Crippen LogP contribution in [-0.2, 0) is 5.75 Å². The highest BCUT2D eigenvalue weighted by atomic mass is 32.2. The summed E-state index contributed by atoms with van der Waals surface area (Å²) in [6.45, 7) is 3.90. The Hall–Kier alpha value is -4.24. The van der Waals surface area contributed by atoms with E-state index in [4.69, 9.17) is 0 Å². The molecular weight excluding hydrogens is 460 g/mol. The van der Waals surface area contributed by atoms with Crippen molar-refractivity contribution in [3.8, 4) is 5.69 Å². The molecule has 8 nitrogen and oxygen atoms in total. The second-order valence-corrected chi connectivity index (χ2v) is 9.28. The van der Waals surface area contributed by atoms with E-state index in [2.05, 4.69) is 20.2 Å². The topological polar surface area (TPSA) is 97.9 Å². The molecule has 3 heterocycles. The summed E-state index contributed by atoms with van der Waals surface area (Å²) in [5.74, 6) is 1.37. The molecule has 0 bridgehead atoms. The third-order valence-electron chi connectivity index (χ3n) is 6.08. The van der Waals surface area contributed by atoms with Crippen LogP contribution in [0.5, 0.6) is 0 Å². The first kappa shape index (κ1) is 21.3. The van der Waals surface area contributed by atoms with E-state index in [9.17, 15) is 9.59 Å². The van der Waals surface area contributed by atoms with Crippen LogP contribution >= 0.6 is 11.8 Å². The second kappa shape index (κ2) is 8.21. The lowest BCUT2D eigenvalue weighted by molar-refractivity contribution is 0.924. The van der Waals surface area contributed by atoms with E-state index >= 15 is 0 Å². The Morgan fingerprint density at radius 2 is 1.60 bits per heavy atom. The summed E-state index contributed by atoms with van der Waals surface area (Å²) in [6, 6.07) is 20.7. The number of fused-ring (bicyclic) bond motifs is 4. The van der Waals surface area contributed by atoms with Crippen LogP contribution in [0.4, 0.5) is 0 Å². The largest absolute Gasteiger partial charge is 0.309 e. The summed E-state index contributed by atoms with van der Waals surface area (Å²) in [5, 5.41) is 10.6. The van der Waals surface area contributed by atoms with Crippen molar-refractivity contribution in [1.29, 1.82) is 0 Å². The maximum absolute atomic E-state index is 13.5. The second-order valence-electron chi connectivity index (χ2n) is 8.33. The van der Waals surface area contributed by atoms with Crippen LogP contribution in [0, 0.1) is 13.8 Å². The molecule has 0 amide bonds. The number of nitrogens with zero attached hydrogens (tertiary/aromatic N) is 5. The number of rotatable bonds is 4. The molecule has 3 aromatic carbocycles. The van der Waals surface area contributed by atoms with Crippen molar-refractivity contribution in [2.75, 3.05) is 0 Å². The molecule has 0 unspecified atom stereocenters. The fourth-order valence-corrected chi connectivity index (χ4v) is 5.17. The minimum Gasteiger partial charge on any atom is -0.309 e. The van der Waals surface area contributed by atoms with Crippen molar-refractivity contribution >= 4 is 39.3 Å². The normalized spacial score (nSPS) is 11.6. The summed E-state index contributed by atoms with van der Waals surface area (Å²) in [6.07, 6.45) is 0. The number of nitrogens with one attached hydrogen (secondary N) is 1. The molecule has 0 spiro atoms. The molecule has 35 heavy (non-hydrogen) atoms. The molecule has 6 aromatic rings. The smallest absolute Gasteiger partial charge is 0.267 e. The van der Waals surface area contributed by atoms with Gasteiger partial charge >= 0.3 is 0 Å². The van der Waals surface area contributed by atoms with Crippen molar-refractivity contribution in [2.24, 2.45) is 0 Å². The first-order valence-electron chi connectivity index (χ1n) is 11.1. The Morgan fingerprint density at radius 1 is 0.857 bits per heavy atom. The van der Waals surface area contributed by atoms with Gasteiger partial charge in [0.15, 0.2) is 5.16 Å². The van der Waals surface area contributed by atoms with Gasteiger partial charge in [0, 0.05) is 0 Å². The van der Waals surface area contributed by atoms with Crippen LogP contribution < -0.4 is 11.1 Å². The fraction of sp³-hybridized carbons (Fsp3) is 0.115. The quantitative estimate of drug-likeness (QED) is 0.380. The zero-order chi connectivity index (χ0) is 24.1. The number of benzene rings is 3. The van der Waals surface area contributed by atoms with Gasteiger partial charge in [-0.2, -0.15) is 0 Å². The third kappa shape index (κ3) is 3.43. The maximum atomic E-state index is 13.5. The average molecular weight is 481 g/mol. The van der Waals surface area contributed by atoms with Crippen LogP contribution in [0.3, 0.4) is 0 Å². The number of hydrogen-bond acceptors (Lipinski definition) is 6. The van der Waals surface area contributed by atoms with Crippen molar-refractivity contribution in [1.82, 2.24) is 29.1 Å².